The van der Waals surface area contributed by atoms with E-state index in [9.17, 15) is 4.79 Å². The molecule has 0 saturated carbocycles. The molecule has 0 amide bonds. The highest BCUT2D eigenvalue weighted by molar-refractivity contribution is 5.89. The lowest BCUT2D eigenvalue weighted by Gasteiger charge is -2.09. The summed E-state index contributed by atoms with van der Waals surface area (Å²) in [5.41, 5.74) is 1.62. The fourth-order valence-corrected chi connectivity index (χ4v) is 1.26. The van der Waals surface area contributed by atoms with Crippen molar-refractivity contribution in [3.8, 4) is 0 Å². The molecule has 0 heterocycles. The Morgan fingerprint density at radius 1 is 1.29 bits per heavy atom. The number of rotatable bonds is 5. The highest BCUT2D eigenvalue weighted by Crippen LogP contribution is 2.11. The monoisotopic (exact) mass is 257 g/mol. The lowest BCUT2D eigenvalue weighted by atomic mass is 10.2. The third-order valence-corrected chi connectivity index (χ3v) is 2.11. The van der Waals surface area contributed by atoms with Crippen LogP contribution >= 0.6 is 12.4 Å². The number of benzene rings is 1. The van der Waals surface area contributed by atoms with Crippen molar-refractivity contribution in [2.45, 2.75) is 20.8 Å². The topological polar surface area (TPSA) is 38.3 Å². The Hall–Kier alpha value is -1.22. The molecule has 1 N–H and O–H groups in total. The third kappa shape index (κ3) is 5.59. The van der Waals surface area contributed by atoms with Gasteiger partial charge in [-0.05, 0) is 37.1 Å². The molecule has 0 fully saturated rings. The molecule has 1 rings (SSSR count). The van der Waals surface area contributed by atoms with Crippen molar-refractivity contribution in [1.29, 1.82) is 0 Å². The molecule has 0 aliphatic carbocycles. The van der Waals surface area contributed by atoms with Gasteiger partial charge in [-0.25, -0.2) is 4.79 Å². The molecule has 0 aliphatic heterocycles. The van der Waals surface area contributed by atoms with Crippen LogP contribution in [-0.2, 0) is 4.74 Å². The maximum atomic E-state index is 11.4. The maximum Gasteiger partial charge on any atom is 0.338 e. The molecule has 0 unspecified atom stereocenters. The first-order valence-corrected chi connectivity index (χ1v) is 5.64. The van der Waals surface area contributed by atoms with E-state index in [4.69, 9.17) is 4.74 Å². The van der Waals surface area contributed by atoms with E-state index in [1.54, 1.807) is 19.1 Å². The van der Waals surface area contributed by atoms with E-state index in [-0.39, 0.29) is 18.4 Å². The normalized spacial score (nSPS) is 9.65. The van der Waals surface area contributed by atoms with Gasteiger partial charge >= 0.3 is 5.97 Å². The van der Waals surface area contributed by atoms with Gasteiger partial charge < -0.3 is 10.1 Å². The zero-order chi connectivity index (χ0) is 12.0. The Kier molecular flexibility index (Phi) is 7.39. The molecule has 0 radical (unpaired) electrons. The molecule has 1 aromatic rings. The van der Waals surface area contributed by atoms with Crippen molar-refractivity contribution < 1.29 is 9.53 Å². The molecule has 3 nitrogen and oxygen atoms in total. The van der Waals surface area contributed by atoms with E-state index in [1.165, 1.54) is 0 Å². The largest absolute Gasteiger partial charge is 0.462 e. The summed E-state index contributed by atoms with van der Waals surface area (Å²) in [7, 11) is 0. The lowest BCUT2D eigenvalue weighted by Crippen LogP contribution is -2.08. The summed E-state index contributed by atoms with van der Waals surface area (Å²) in [6, 6.07) is 7.35. The Labute approximate surface area is 109 Å². The van der Waals surface area contributed by atoms with Gasteiger partial charge in [-0.2, -0.15) is 0 Å². The minimum absolute atomic E-state index is 0. The fourth-order valence-electron chi connectivity index (χ4n) is 1.26. The Morgan fingerprint density at radius 2 is 1.88 bits per heavy atom. The summed E-state index contributed by atoms with van der Waals surface area (Å²) in [5, 5.41) is 3.29. The quantitative estimate of drug-likeness (QED) is 0.822. The van der Waals surface area contributed by atoms with E-state index >= 15 is 0 Å². The standard InChI is InChI=1S/C13H19NO2.ClH/c1-4-16-13(15)11-5-7-12(8-6-11)14-9-10(2)3;/h5-8,10,14H,4,9H2,1-3H3;1H. The first-order chi connectivity index (χ1) is 7.63. The smallest absolute Gasteiger partial charge is 0.338 e. The first kappa shape index (κ1) is 15.8. The van der Waals surface area contributed by atoms with Gasteiger partial charge in [0.15, 0.2) is 0 Å². The predicted octanol–water partition coefficient (Wildman–Crippen LogP) is 3.35. The van der Waals surface area contributed by atoms with E-state index < -0.39 is 0 Å². The number of hydrogen-bond donors (Lipinski definition) is 1. The highest BCUT2D eigenvalue weighted by Gasteiger charge is 2.05. The Bertz CT molecular complexity index is 336. The molecule has 0 saturated heterocycles. The molecule has 0 aliphatic rings. The van der Waals surface area contributed by atoms with Gasteiger partial charge in [0, 0.05) is 12.2 Å². The van der Waals surface area contributed by atoms with Gasteiger partial charge in [-0.1, -0.05) is 13.8 Å². The second kappa shape index (κ2) is 7.96. The second-order valence-corrected chi connectivity index (χ2v) is 4.07. The number of hydrogen-bond acceptors (Lipinski definition) is 3. The van der Waals surface area contributed by atoms with Crippen LogP contribution in [-0.4, -0.2) is 19.1 Å². The number of halogens is 1. The molecule has 0 atom stereocenters. The van der Waals surface area contributed by atoms with Crippen LogP contribution in [0.2, 0.25) is 0 Å². The van der Waals surface area contributed by atoms with Crippen molar-refractivity contribution >= 4 is 24.1 Å². The zero-order valence-corrected chi connectivity index (χ0v) is 11.3. The van der Waals surface area contributed by atoms with Crippen LogP contribution in [0.15, 0.2) is 24.3 Å². The molecular weight excluding hydrogens is 238 g/mol. The SMILES string of the molecule is CCOC(=O)c1ccc(NCC(C)C)cc1.Cl. The number of carbonyl (C=O) groups is 1. The number of esters is 1. The average Bonchev–Trinajstić information content (AvgIpc) is 2.27. The first-order valence-electron chi connectivity index (χ1n) is 5.64. The maximum absolute atomic E-state index is 11.4. The molecule has 96 valence electrons. The third-order valence-electron chi connectivity index (χ3n) is 2.11. The highest BCUT2D eigenvalue weighted by atomic mass is 35.5. The van der Waals surface area contributed by atoms with Crippen molar-refractivity contribution in [2.24, 2.45) is 5.92 Å². The van der Waals surface area contributed by atoms with Crippen LogP contribution in [0.25, 0.3) is 0 Å². The molecule has 17 heavy (non-hydrogen) atoms. The van der Waals surface area contributed by atoms with Gasteiger partial charge in [0.1, 0.15) is 0 Å². The van der Waals surface area contributed by atoms with E-state index in [1.807, 2.05) is 12.1 Å². The minimum Gasteiger partial charge on any atom is -0.462 e. The van der Waals surface area contributed by atoms with E-state index in [0.29, 0.717) is 18.1 Å². The lowest BCUT2D eigenvalue weighted by molar-refractivity contribution is 0.0526. The fraction of sp³-hybridized carbons (Fsp3) is 0.462. The van der Waals surface area contributed by atoms with Gasteiger partial charge in [0.25, 0.3) is 0 Å². The van der Waals surface area contributed by atoms with Gasteiger partial charge in [0.05, 0.1) is 12.2 Å². The summed E-state index contributed by atoms with van der Waals surface area (Å²) in [6.07, 6.45) is 0. The molecule has 0 spiro atoms. The summed E-state index contributed by atoms with van der Waals surface area (Å²) < 4.78 is 4.91. The molecule has 0 aromatic heterocycles. The molecule has 4 heteroatoms. The van der Waals surface area contributed by atoms with Crippen LogP contribution < -0.4 is 5.32 Å². The summed E-state index contributed by atoms with van der Waals surface area (Å²) >= 11 is 0. The average molecular weight is 258 g/mol. The van der Waals surface area contributed by atoms with Crippen LogP contribution in [0.5, 0.6) is 0 Å². The number of ether oxygens (including phenoxy) is 1. The van der Waals surface area contributed by atoms with Crippen molar-refractivity contribution in [1.82, 2.24) is 0 Å². The van der Waals surface area contributed by atoms with Crippen LogP contribution in [0.1, 0.15) is 31.1 Å². The van der Waals surface area contributed by atoms with Crippen molar-refractivity contribution in [2.75, 3.05) is 18.5 Å². The Balaban J connectivity index is 0.00000256. The van der Waals surface area contributed by atoms with Crippen LogP contribution in [0, 0.1) is 5.92 Å². The van der Waals surface area contributed by atoms with Crippen LogP contribution in [0.3, 0.4) is 0 Å². The second-order valence-electron chi connectivity index (χ2n) is 4.07. The van der Waals surface area contributed by atoms with Crippen molar-refractivity contribution in [3.05, 3.63) is 29.8 Å². The summed E-state index contributed by atoms with van der Waals surface area (Å²) in [6.45, 7) is 7.45. The van der Waals surface area contributed by atoms with Gasteiger partial charge in [-0.3, -0.25) is 0 Å². The van der Waals surface area contributed by atoms with Crippen LogP contribution in [0.4, 0.5) is 5.69 Å². The number of nitrogens with one attached hydrogen (secondary N) is 1. The van der Waals surface area contributed by atoms with Gasteiger partial charge in [-0.15, -0.1) is 12.4 Å². The minimum atomic E-state index is -0.266. The Morgan fingerprint density at radius 3 is 2.35 bits per heavy atom. The predicted molar refractivity (Wildman–Crippen MR) is 73.0 cm³/mol. The van der Waals surface area contributed by atoms with Crippen molar-refractivity contribution in [3.63, 3.8) is 0 Å². The molecular formula is C13H20ClNO2. The van der Waals surface area contributed by atoms with E-state index in [0.717, 1.165) is 12.2 Å². The molecule has 0 bridgehead atoms. The summed E-state index contributed by atoms with van der Waals surface area (Å²) in [4.78, 5) is 11.4. The zero-order valence-electron chi connectivity index (χ0n) is 10.5. The summed E-state index contributed by atoms with van der Waals surface area (Å²) in [5.74, 6) is 0.336. The van der Waals surface area contributed by atoms with E-state index in [2.05, 4.69) is 19.2 Å². The molecule has 1 aromatic carbocycles. The van der Waals surface area contributed by atoms with Gasteiger partial charge in [0.2, 0.25) is 0 Å². The number of anilines is 1. The number of carbonyl (C=O) groups excluding carboxylic acids is 1.